The zero-order chi connectivity index (χ0) is 13.9. The van der Waals surface area contributed by atoms with Crippen LogP contribution < -0.4 is 4.74 Å². The summed E-state index contributed by atoms with van der Waals surface area (Å²) < 4.78 is 6.72. The zero-order valence-corrected chi connectivity index (χ0v) is 12.9. The van der Waals surface area contributed by atoms with Crippen LogP contribution in [0.4, 0.5) is 0 Å². The summed E-state index contributed by atoms with van der Waals surface area (Å²) in [6, 6.07) is 11.3. The van der Waals surface area contributed by atoms with Gasteiger partial charge in [-0.1, -0.05) is 12.1 Å². The number of amides is 1. The second-order valence-electron chi connectivity index (χ2n) is 4.62. The fourth-order valence-corrected chi connectivity index (χ4v) is 2.71. The van der Waals surface area contributed by atoms with Crippen molar-refractivity contribution < 1.29 is 9.53 Å². The summed E-state index contributed by atoms with van der Waals surface area (Å²) in [7, 11) is 0. The molecule has 1 aliphatic rings. The summed E-state index contributed by atoms with van der Waals surface area (Å²) in [4.78, 5) is 18.1. The number of halogens is 1. The Morgan fingerprint density at radius 3 is 2.75 bits per heavy atom. The highest BCUT2D eigenvalue weighted by molar-refractivity contribution is 14.1. The molecule has 0 unspecified atom stereocenters. The molecule has 1 amide bonds. The Bertz CT molecular complexity index is 612. The zero-order valence-electron chi connectivity index (χ0n) is 10.7. The fraction of sp³-hybridized carbons (Fsp3) is 0.200. The standard InChI is InChI=1S/C15H13IN2O2/c16-14-6-2-1-5-13(14)15(19)18-9-12(10-18)20-11-4-3-7-17-8-11/h1-8,12H,9-10H2. The number of nitrogens with zero attached hydrogens (tertiary/aromatic N) is 2. The van der Waals surface area contributed by atoms with E-state index in [0.29, 0.717) is 13.1 Å². The Labute approximate surface area is 130 Å². The van der Waals surface area contributed by atoms with Crippen LogP contribution in [0.5, 0.6) is 5.75 Å². The first kappa shape index (κ1) is 13.4. The van der Waals surface area contributed by atoms with Crippen LogP contribution in [0.15, 0.2) is 48.8 Å². The van der Waals surface area contributed by atoms with Gasteiger partial charge in [0.2, 0.25) is 0 Å². The van der Waals surface area contributed by atoms with E-state index in [1.807, 2.05) is 36.4 Å². The van der Waals surface area contributed by atoms with Gasteiger partial charge < -0.3 is 9.64 Å². The van der Waals surface area contributed by atoms with Crippen LogP contribution >= 0.6 is 22.6 Å². The van der Waals surface area contributed by atoms with E-state index in [2.05, 4.69) is 27.6 Å². The topological polar surface area (TPSA) is 42.4 Å². The lowest BCUT2D eigenvalue weighted by molar-refractivity contribution is 0.0176. The lowest BCUT2D eigenvalue weighted by Gasteiger charge is -2.39. The van der Waals surface area contributed by atoms with Gasteiger partial charge in [0.05, 0.1) is 24.8 Å². The van der Waals surface area contributed by atoms with Crippen LogP contribution in [0.3, 0.4) is 0 Å². The Kier molecular flexibility index (Phi) is 3.86. The maximum Gasteiger partial charge on any atom is 0.255 e. The molecule has 0 aliphatic carbocycles. The van der Waals surface area contributed by atoms with Crippen molar-refractivity contribution in [3.8, 4) is 5.75 Å². The molecule has 0 spiro atoms. The quantitative estimate of drug-likeness (QED) is 0.769. The molecule has 1 aromatic carbocycles. The minimum Gasteiger partial charge on any atom is -0.485 e. The summed E-state index contributed by atoms with van der Waals surface area (Å²) in [5.41, 5.74) is 0.757. The van der Waals surface area contributed by atoms with Crippen molar-refractivity contribution in [2.75, 3.05) is 13.1 Å². The molecule has 2 aromatic rings. The van der Waals surface area contributed by atoms with Crippen LogP contribution in [0.25, 0.3) is 0 Å². The average Bonchev–Trinajstić information content (AvgIpc) is 2.43. The first-order chi connectivity index (χ1) is 9.74. The lowest BCUT2D eigenvalue weighted by atomic mass is 10.1. The number of carbonyl (C=O) groups is 1. The molecule has 0 N–H and O–H groups in total. The van der Waals surface area contributed by atoms with Gasteiger partial charge in [0, 0.05) is 9.77 Å². The molecule has 0 bridgehead atoms. The van der Waals surface area contributed by atoms with Crippen molar-refractivity contribution in [3.63, 3.8) is 0 Å². The second-order valence-corrected chi connectivity index (χ2v) is 5.78. The van der Waals surface area contributed by atoms with Crippen molar-refractivity contribution in [3.05, 3.63) is 57.9 Å². The summed E-state index contributed by atoms with van der Waals surface area (Å²) >= 11 is 2.19. The molecule has 2 heterocycles. The van der Waals surface area contributed by atoms with E-state index >= 15 is 0 Å². The molecule has 0 atom stereocenters. The Morgan fingerprint density at radius 2 is 2.05 bits per heavy atom. The number of likely N-dealkylation sites (tertiary alicyclic amines) is 1. The van der Waals surface area contributed by atoms with Crippen LogP contribution in [-0.4, -0.2) is 35.0 Å². The van der Waals surface area contributed by atoms with Crippen LogP contribution in [0.1, 0.15) is 10.4 Å². The third-order valence-electron chi connectivity index (χ3n) is 3.18. The van der Waals surface area contributed by atoms with Crippen LogP contribution in [0, 0.1) is 3.57 Å². The Morgan fingerprint density at radius 1 is 1.25 bits per heavy atom. The number of carbonyl (C=O) groups excluding carboxylic acids is 1. The third kappa shape index (κ3) is 2.77. The molecular formula is C15H13IN2O2. The van der Waals surface area contributed by atoms with Gasteiger partial charge in [-0.05, 0) is 46.9 Å². The number of ether oxygens (including phenoxy) is 1. The van der Waals surface area contributed by atoms with Gasteiger partial charge in [-0.25, -0.2) is 0 Å². The SMILES string of the molecule is O=C(c1ccccc1I)N1CC(Oc2cccnc2)C1. The lowest BCUT2D eigenvalue weighted by Crippen LogP contribution is -2.56. The van der Waals surface area contributed by atoms with Crippen molar-refractivity contribution in [2.45, 2.75) is 6.10 Å². The van der Waals surface area contributed by atoms with Crippen molar-refractivity contribution >= 4 is 28.5 Å². The van der Waals surface area contributed by atoms with E-state index in [1.54, 1.807) is 17.3 Å². The van der Waals surface area contributed by atoms with Gasteiger partial charge in [-0.2, -0.15) is 0 Å². The molecule has 4 nitrogen and oxygen atoms in total. The smallest absolute Gasteiger partial charge is 0.255 e. The highest BCUT2D eigenvalue weighted by atomic mass is 127. The normalized spacial score (nSPS) is 14.8. The molecule has 0 radical (unpaired) electrons. The molecule has 1 saturated heterocycles. The van der Waals surface area contributed by atoms with Gasteiger partial charge in [0.1, 0.15) is 11.9 Å². The van der Waals surface area contributed by atoms with Gasteiger partial charge in [-0.3, -0.25) is 9.78 Å². The van der Waals surface area contributed by atoms with Gasteiger partial charge in [-0.15, -0.1) is 0 Å². The Balaban J connectivity index is 1.58. The number of aromatic nitrogens is 1. The minimum absolute atomic E-state index is 0.0597. The van der Waals surface area contributed by atoms with Gasteiger partial charge >= 0.3 is 0 Å². The molecule has 5 heteroatoms. The molecule has 1 aromatic heterocycles. The maximum atomic E-state index is 12.3. The second kappa shape index (κ2) is 5.78. The summed E-state index contributed by atoms with van der Waals surface area (Å²) in [5, 5.41) is 0. The highest BCUT2D eigenvalue weighted by Crippen LogP contribution is 2.21. The van der Waals surface area contributed by atoms with E-state index in [0.717, 1.165) is 14.9 Å². The van der Waals surface area contributed by atoms with Crippen LogP contribution in [-0.2, 0) is 0 Å². The molecule has 1 aliphatic heterocycles. The molecule has 20 heavy (non-hydrogen) atoms. The monoisotopic (exact) mass is 380 g/mol. The molecule has 0 saturated carbocycles. The van der Waals surface area contributed by atoms with Crippen molar-refractivity contribution in [1.29, 1.82) is 0 Å². The van der Waals surface area contributed by atoms with E-state index < -0.39 is 0 Å². The largest absolute Gasteiger partial charge is 0.485 e. The predicted octanol–water partition coefficient (Wildman–Crippen LogP) is 2.59. The van der Waals surface area contributed by atoms with Crippen molar-refractivity contribution in [2.24, 2.45) is 0 Å². The van der Waals surface area contributed by atoms with E-state index in [-0.39, 0.29) is 12.0 Å². The van der Waals surface area contributed by atoms with E-state index in [1.165, 1.54) is 0 Å². The molecule has 1 fully saturated rings. The minimum atomic E-state index is 0.0597. The van der Waals surface area contributed by atoms with E-state index in [9.17, 15) is 4.79 Å². The highest BCUT2D eigenvalue weighted by Gasteiger charge is 2.33. The first-order valence-corrected chi connectivity index (χ1v) is 7.42. The molecule has 3 rings (SSSR count). The fourth-order valence-electron chi connectivity index (χ4n) is 2.09. The predicted molar refractivity (Wildman–Crippen MR) is 83.7 cm³/mol. The van der Waals surface area contributed by atoms with Gasteiger partial charge in [0.25, 0.3) is 5.91 Å². The number of hydrogen-bond donors (Lipinski definition) is 0. The Hall–Kier alpha value is -1.63. The summed E-state index contributed by atoms with van der Waals surface area (Å²) in [5.74, 6) is 0.819. The number of hydrogen-bond acceptors (Lipinski definition) is 3. The van der Waals surface area contributed by atoms with Gasteiger partial charge in [0.15, 0.2) is 0 Å². The van der Waals surface area contributed by atoms with E-state index in [4.69, 9.17) is 4.74 Å². The molecule has 102 valence electrons. The number of pyridine rings is 1. The summed E-state index contributed by atoms with van der Waals surface area (Å²) in [6.45, 7) is 1.25. The number of benzene rings is 1. The third-order valence-corrected chi connectivity index (χ3v) is 4.12. The first-order valence-electron chi connectivity index (χ1n) is 6.34. The van der Waals surface area contributed by atoms with Crippen molar-refractivity contribution in [1.82, 2.24) is 9.88 Å². The van der Waals surface area contributed by atoms with Crippen LogP contribution in [0.2, 0.25) is 0 Å². The molecular weight excluding hydrogens is 367 g/mol. The average molecular weight is 380 g/mol. The maximum absolute atomic E-state index is 12.3. The number of rotatable bonds is 3. The summed E-state index contributed by atoms with van der Waals surface area (Å²) in [6.07, 6.45) is 3.45.